The monoisotopic (exact) mass is 486 g/mol. The summed E-state index contributed by atoms with van der Waals surface area (Å²) in [6, 6.07) is 18.5. The number of nitrogens with one attached hydrogen (secondary N) is 1. The van der Waals surface area contributed by atoms with E-state index >= 15 is 0 Å². The molecule has 1 atom stereocenters. The van der Waals surface area contributed by atoms with Crippen LogP contribution in [0.2, 0.25) is 5.02 Å². The van der Waals surface area contributed by atoms with Crippen molar-refractivity contribution >= 4 is 38.3 Å². The van der Waals surface area contributed by atoms with Gasteiger partial charge in [0.1, 0.15) is 5.75 Å². The molecular formula is C25H27ClN2O4S. The van der Waals surface area contributed by atoms with Crippen LogP contribution in [0.1, 0.15) is 25.3 Å². The number of fused-ring (bicyclic) bond motifs is 1. The fraction of sp³-hybridized carbons (Fsp3) is 0.320. The molecule has 6 nitrogen and oxygen atoms in total. The predicted octanol–water partition coefficient (Wildman–Crippen LogP) is 4.61. The van der Waals surface area contributed by atoms with Gasteiger partial charge >= 0.3 is 0 Å². The van der Waals surface area contributed by atoms with Gasteiger partial charge in [-0.1, -0.05) is 54.1 Å². The van der Waals surface area contributed by atoms with E-state index in [9.17, 15) is 13.2 Å². The molecule has 1 N–H and O–H groups in total. The maximum atomic E-state index is 13.2. The zero-order valence-electron chi connectivity index (χ0n) is 18.5. The molecule has 0 aliphatic carbocycles. The molecule has 8 heteroatoms. The number of carbonyl (C=O) groups excluding carboxylic acids is 1. The average molecular weight is 487 g/mol. The van der Waals surface area contributed by atoms with E-state index in [0.717, 1.165) is 16.3 Å². The predicted molar refractivity (Wildman–Crippen MR) is 130 cm³/mol. The molecule has 0 aromatic heterocycles. The third-order valence-electron chi connectivity index (χ3n) is 5.93. The summed E-state index contributed by atoms with van der Waals surface area (Å²) in [6.07, 6.45) is 1.27. The second-order valence-corrected chi connectivity index (χ2v) is 10.4. The Balaban J connectivity index is 1.44. The minimum absolute atomic E-state index is 0.104. The quantitative estimate of drug-likeness (QED) is 0.529. The number of nitrogens with zero attached hydrogens (tertiary/aromatic N) is 1. The second-order valence-electron chi connectivity index (χ2n) is 8.08. The van der Waals surface area contributed by atoms with Gasteiger partial charge in [0.25, 0.3) is 0 Å². The smallest absolute Gasteiger partial charge is 0.243 e. The lowest BCUT2D eigenvalue weighted by Crippen LogP contribution is -2.45. The van der Waals surface area contributed by atoms with Crippen molar-refractivity contribution in [1.29, 1.82) is 0 Å². The summed E-state index contributed by atoms with van der Waals surface area (Å²) in [6.45, 7) is 3.19. The molecule has 1 aliphatic rings. The van der Waals surface area contributed by atoms with Gasteiger partial charge in [-0.3, -0.25) is 4.79 Å². The minimum atomic E-state index is -3.77. The largest absolute Gasteiger partial charge is 0.492 e. The maximum Gasteiger partial charge on any atom is 0.243 e. The summed E-state index contributed by atoms with van der Waals surface area (Å²) in [4.78, 5) is 13.0. The lowest BCUT2D eigenvalue weighted by atomic mass is 9.98. The van der Waals surface area contributed by atoms with E-state index < -0.39 is 15.9 Å². The first-order valence-electron chi connectivity index (χ1n) is 11.1. The second kappa shape index (κ2) is 10.1. The highest BCUT2D eigenvalue weighted by atomic mass is 35.5. The van der Waals surface area contributed by atoms with Gasteiger partial charge in [0, 0.05) is 19.6 Å². The Morgan fingerprint density at radius 1 is 1.15 bits per heavy atom. The van der Waals surface area contributed by atoms with Crippen LogP contribution < -0.4 is 10.1 Å². The van der Waals surface area contributed by atoms with Crippen LogP contribution in [0.4, 0.5) is 0 Å². The Bertz CT molecular complexity index is 1260. The van der Waals surface area contributed by atoms with Crippen molar-refractivity contribution in [2.24, 2.45) is 5.92 Å². The molecule has 0 unspecified atom stereocenters. The lowest BCUT2D eigenvalue weighted by Gasteiger charge is -2.31. The van der Waals surface area contributed by atoms with Crippen molar-refractivity contribution in [3.63, 3.8) is 0 Å². The Labute approximate surface area is 199 Å². The van der Waals surface area contributed by atoms with Crippen LogP contribution >= 0.6 is 11.6 Å². The molecule has 1 heterocycles. The summed E-state index contributed by atoms with van der Waals surface area (Å²) >= 11 is 6.20. The van der Waals surface area contributed by atoms with E-state index in [2.05, 4.69) is 5.32 Å². The van der Waals surface area contributed by atoms with E-state index in [4.69, 9.17) is 16.3 Å². The molecule has 0 spiro atoms. The van der Waals surface area contributed by atoms with Crippen molar-refractivity contribution < 1.29 is 17.9 Å². The van der Waals surface area contributed by atoms with Gasteiger partial charge in [0.15, 0.2) is 0 Å². The van der Waals surface area contributed by atoms with Crippen LogP contribution in [0.15, 0.2) is 65.6 Å². The van der Waals surface area contributed by atoms with Gasteiger partial charge in [-0.15, -0.1) is 0 Å². The summed E-state index contributed by atoms with van der Waals surface area (Å²) in [7, 11) is -3.77. The Morgan fingerprint density at radius 3 is 2.73 bits per heavy atom. The highest BCUT2D eigenvalue weighted by molar-refractivity contribution is 7.89. The van der Waals surface area contributed by atoms with Gasteiger partial charge in [-0.05, 0) is 54.3 Å². The van der Waals surface area contributed by atoms with Crippen LogP contribution in [0, 0.1) is 5.92 Å². The Hall–Kier alpha value is -2.61. The fourth-order valence-electron chi connectivity index (χ4n) is 4.21. The van der Waals surface area contributed by atoms with Gasteiger partial charge in [0.2, 0.25) is 15.9 Å². The molecule has 0 radical (unpaired) electrons. The average Bonchev–Trinajstić information content (AvgIpc) is 2.84. The van der Waals surface area contributed by atoms with Crippen LogP contribution in [0.3, 0.4) is 0 Å². The highest BCUT2D eigenvalue weighted by Crippen LogP contribution is 2.30. The van der Waals surface area contributed by atoms with E-state index in [1.807, 2.05) is 49.4 Å². The fourth-order valence-corrected chi connectivity index (χ4v) is 6.06. The van der Waals surface area contributed by atoms with Crippen molar-refractivity contribution in [2.75, 3.05) is 19.7 Å². The molecule has 1 amide bonds. The number of carbonyl (C=O) groups is 1. The number of piperidine rings is 1. The number of sulfonamides is 1. The van der Waals surface area contributed by atoms with Gasteiger partial charge in [-0.2, -0.15) is 4.31 Å². The molecule has 3 aromatic carbocycles. The van der Waals surface area contributed by atoms with Crippen LogP contribution in [0.25, 0.3) is 10.8 Å². The van der Waals surface area contributed by atoms with Crippen molar-refractivity contribution in [1.82, 2.24) is 9.62 Å². The first-order chi connectivity index (χ1) is 15.9. The number of hydrogen-bond donors (Lipinski definition) is 1. The number of amides is 1. The maximum absolute atomic E-state index is 13.2. The van der Waals surface area contributed by atoms with Crippen molar-refractivity contribution in [3.8, 4) is 5.75 Å². The zero-order valence-corrected chi connectivity index (χ0v) is 20.0. The minimum Gasteiger partial charge on any atom is -0.492 e. The normalized spacial score (nSPS) is 17.1. The van der Waals surface area contributed by atoms with Gasteiger partial charge < -0.3 is 10.1 Å². The van der Waals surface area contributed by atoms with Gasteiger partial charge in [-0.25, -0.2) is 8.42 Å². The molecule has 1 saturated heterocycles. The molecule has 1 fully saturated rings. The summed E-state index contributed by atoms with van der Waals surface area (Å²) in [5, 5.41) is 5.47. The van der Waals surface area contributed by atoms with Crippen LogP contribution in [-0.4, -0.2) is 38.3 Å². The topological polar surface area (TPSA) is 75.7 Å². The molecule has 3 aromatic rings. The number of hydrogen-bond acceptors (Lipinski definition) is 4. The van der Waals surface area contributed by atoms with Crippen molar-refractivity contribution in [2.45, 2.75) is 31.2 Å². The molecule has 1 aliphatic heterocycles. The zero-order chi connectivity index (χ0) is 23.4. The van der Waals surface area contributed by atoms with Crippen LogP contribution in [0.5, 0.6) is 5.75 Å². The molecule has 4 rings (SSSR count). The number of rotatable bonds is 7. The molecular weight excluding hydrogens is 460 g/mol. The van der Waals surface area contributed by atoms with E-state index in [0.29, 0.717) is 38.3 Å². The number of ether oxygens (including phenoxy) is 1. The lowest BCUT2D eigenvalue weighted by molar-refractivity contribution is -0.126. The van der Waals surface area contributed by atoms with E-state index in [-0.39, 0.29) is 22.4 Å². The van der Waals surface area contributed by atoms with Gasteiger partial charge in [0.05, 0.1) is 22.4 Å². The summed E-state index contributed by atoms with van der Waals surface area (Å²) in [5.41, 5.74) is 1.03. The molecule has 0 bridgehead atoms. The number of benzene rings is 3. The third kappa shape index (κ3) is 5.16. The molecule has 174 valence electrons. The summed E-state index contributed by atoms with van der Waals surface area (Å²) < 4.78 is 33.2. The van der Waals surface area contributed by atoms with Crippen LogP contribution in [-0.2, 0) is 21.4 Å². The highest BCUT2D eigenvalue weighted by Gasteiger charge is 2.33. The third-order valence-corrected chi connectivity index (χ3v) is 8.09. The first-order valence-corrected chi connectivity index (χ1v) is 12.9. The number of halogens is 1. The van der Waals surface area contributed by atoms with E-state index in [1.165, 1.54) is 16.4 Å². The van der Waals surface area contributed by atoms with E-state index in [1.54, 1.807) is 6.07 Å². The Morgan fingerprint density at radius 2 is 1.94 bits per heavy atom. The molecule has 0 saturated carbocycles. The molecule has 33 heavy (non-hydrogen) atoms. The Kier molecular flexibility index (Phi) is 7.22. The summed E-state index contributed by atoms with van der Waals surface area (Å²) in [5.74, 6) is -0.0864. The SMILES string of the molecule is CCOc1ccc(S(=O)(=O)N2CCC[C@H](C(=O)NCc3cccc4ccccc34)C2)cc1Cl. The standard InChI is InChI=1S/C25H27ClN2O4S/c1-2-32-24-13-12-21(15-23(24)26)33(30,31)28-14-6-10-20(17-28)25(29)27-16-19-9-5-8-18-7-3-4-11-22(18)19/h3-5,7-9,11-13,15,20H,2,6,10,14,16-17H2,1H3,(H,27,29)/t20-/m0/s1. The first kappa shape index (κ1) is 23.5. The van der Waals surface area contributed by atoms with Crippen molar-refractivity contribution in [3.05, 3.63) is 71.2 Å².